The van der Waals surface area contributed by atoms with Crippen molar-refractivity contribution >= 4 is 28.9 Å². The number of aryl methyl sites for hydroxylation is 2. The van der Waals surface area contributed by atoms with Crippen molar-refractivity contribution in [2.45, 2.75) is 71.6 Å². The fourth-order valence-corrected chi connectivity index (χ4v) is 7.31. The van der Waals surface area contributed by atoms with Crippen molar-refractivity contribution in [1.82, 2.24) is 10.9 Å². The Morgan fingerprint density at radius 2 is 1.54 bits per heavy atom. The topological polar surface area (TPSA) is 75.3 Å². The lowest BCUT2D eigenvalue weighted by Gasteiger charge is -2.56. The lowest BCUT2D eigenvalue weighted by Crippen LogP contribution is -2.50. The SMILES string of the molecule is Cc1cc(C(=O)CCC(=O)NNC(=O)CC23CC4CC(CC(C4)C2)C3)c(C)s1. The van der Waals surface area contributed by atoms with Crippen molar-refractivity contribution in [3.63, 3.8) is 0 Å². The summed E-state index contributed by atoms with van der Waals surface area (Å²) in [6, 6.07) is 1.88. The zero-order valence-corrected chi connectivity index (χ0v) is 17.6. The molecule has 0 atom stereocenters. The first-order valence-electron chi connectivity index (χ1n) is 10.5. The highest BCUT2D eigenvalue weighted by Crippen LogP contribution is 2.61. The lowest BCUT2D eigenvalue weighted by atomic mass is 9.49. The van der Waals surface area contributed by atoms with Gasteiger partial charge in [-0.1, -0.05) is 0 Å². The van der Waals surface area contributed by atoms with E-state index in [9.17, 15) is 14.4 Å². The van der Waals surface area contributed by atoms with E-state index in [1.54, 1.807) is 11.3 Å². The van der Waals surface area contributed by atoms with Gasteiger partial charge < -0.3 is 0 Å². The molecule has 1 aromatic heterocycles. The molecule has 0 aromatic carbocycles. The molecule has 2 N–H and O–H groups in total. The van der Waals surface area contributed by atoms with Gasteiger partial charge in [-0.15, -0.1) is 11.3 Å². The van der Waals surface area contributed by atoms with E-state index in [4.69, 9.17) is 0 Å². The maximum atomic E-state index is 12.4. The molecule has 1 heterocycles. The molecule has 2 amide bonds. The van der Waals surface area contributed by atoms with Gasteiger partial charge in [-0.25, -0.2) is 0 Å². The minimum atomic E-state index is -0.309. The summed E-state index contributed by atoms with van der Waals surface area (Å²) >= 11 is 1.59. The van der Waals surface area contributed by atoms with Crippen LogP contribution in [-0.2, 0) is 9.59 Å². The number of thiophene rings is 1. The quantitative estimate of drug-likeness (QED) is 0.556. The predicted octanol–water partition coefficient (Wildman–Crippen LogP) is 4.08. The van der Waals surface area contributed by atoms with Gasteiger partial charge in [0, 0.05) is 34.6 Å². The third-order valence-electron chi connectivity index (χ3n) is 6.96. The van der Waals surface area contributed by atoms with Crippen LogP contribution >= 0.6 is 11.3 Å². The number of hydrogen-bond acceptors (Lipinski definition) is 4. The molecule has 1 aromatic rings. The third kappa shape index (κ3) is 4.17. The van der Waals surface area contributed by atoms with Crippen LogP contribution in [0.25, 0.3) is 0 Å². The van der Waals surface area contributed by atoms with E-state index in [1.807, 2.05) is 19.9 Å². The summed E-state index contributed by atoms with van der Waals surface area (Å²) in [6.07, 6.45) is 8.36. The van der Waals surface area contributed by atoms with Crippen molar-refractivity contribution in [2.24, 2.45) is 23.2 Å². The fraction of sp³-hybridized carbons (Fsp3) is 0.682. The molecule has 0 radical (unpaired) electrons. The minimum Gasteiger partial charge on any atom is -0.294 e. The number of rotatable bonds is 6. The molecule has 152 valence electrons. The number of ketones is 1. The number of hydrogen-bond donors (Lipinski definition) is 2. The average Bonchev–Trinajstić information content (AvgIpc) is 2.94. The molecule has 6 heteroatoms. The van der Waals surface area contributed by atoms with Gasteiger partial charge in [0.15, 0.2) is 5.78 Å². The monoisotopic (exact) mass is 402 g/mol. The maximum Gasteiger partial charge on any atom is 0.238 e. The van der Waals surface area contributed by atoms with Gasteiger partial charge in [-0.3, -0.25) is 25.2 Å². The van der Waals surface area contributed by atoms with Crippen LogP contribution < -0.4 is 10.9 Å². The standard InChI is InChI=1S/C22H30N2O3S/c1-13-5-18(14(2)28-13)19(25)3-4-20(26)23-24-21(27)12-22-9-15-6-16(10-22)8-17(7-15)11-22/h5,15-17H,3-4,6-12H2,1-2H3,(H,23,26)(H,24,27). The highest BCUT2D eigenvalue weighted by molar-refractivity contribution is 7.12. The molecule has 4 bridgehead atoms. The molecule has 0 aliphatic heterocycles. The largest absolute Gasteiger partial charge is 0.294 e. The van der Waals surface area contributed by atoms with E-state index in [0.29, 0.717) is 12.0 Å². The molecule has 0 spiro atoms. The summed E-state index contributed by atoms with van der Waals surface area (Å²) in [5, 5.41) is 0. The van der Waals surface area contributed by atoms with Crippen molar-refractivity contribution in [3.05, 3.63) is 21.4 Å². The van der Waals surface area contributed by atoms with Crippen LogP contribution in [-0.4, -0.2) is 17.6 Å². The van der Waals surface area contributed by atoms with Gasteiger partial charge in [-0.2, -0.15) is 0 Å². The Balaban J connectivity index is 1.21. The highest BCUT2D eigenvalue weighted by atomic mass is 32.1. The number of amides is 2. The van der Waals surface area contributed by atoms with Gasteiger partial charge >= 0.3 is 0 Å². The average molecular weight is 403 g/mol. The first-order valence-corrected chi connectivity index (χ1v) is 11.3. The van der Waals surface area contributed by atoms with Crippen LogP contribution in [0.4, 0.5) is 0 Å². The minimum absolute atomic E-state index is 0.0168. The normalized spacial score (nSPS) is 30.3. The summed E-state index contributed by atoms with van der Waals surface area (Å²) in [6.45, 7) is 3.90. The fourth-order valence-electron chi connectivity index (χ4n) is 6.36. The molecular weight excluding hydrogens is 372 g/mol. The van der Waals surface area contributed by atoms with Crippen molar-refractivity contribution in [1.29, 1.82) is 0 Å². The molecule has 0 saturated heterocycles. The molecule has 5 rings (SSSR count). The molecule has 5 nitrogen and oxygen atoms in total. The van der Waals surface area contributed by atoms with E-state index in [-0.39, 0.29) is 35.9 Å². The van der Waals surface area contributed by atoms with Crippen LogP contribution in [0.3, 0.4) is 0 Å². The van der Waals surface area contributed by atoms with Crippen molar-refractivity contribution in [3.8, 4) is 0 Å². The molecule has 4 saturated carbocycles. The first kappa shape index (κ1) is 19.6. The summed E-state index contributed by atoms with van der Waals surface area (Å²) in [4.78, 5) is 38.9. The Labute approximate surface area is 170 Å². The zero-order chi connectivity index (χ0) is 19.9. The van der Waals surface area contributed by atoms with E-state index in [0.717, 1.165) is 27.5 Å². The Morgan fingerprint density at radius 3 is 2.07 bits per heavy atom. The van der Waals surface area contributed by atoms with Gasteiger partial charge in [-0.05, 0) is 81.6 Å². The number of Topliss-reactive ketones (excluding diaryl/α,β-unsaturated/α-hetero) is 1. The zero-order valence-electron chi connectivity index (χ0n) is 16.8. The summed E-state index contributed by atoms with van der Waals surface area (Å²) < 4.78 is 0. The van der Waals surface area contributed by atoms with Crippen molar-refractivity contribution in [2.75, 3.05) is 0 Å². The Kier molecular flexibility index (Phi) is 5.34. The Bertz CT molecular complexity index is 762. The molecule has 4 aliphatic rings. The van der Waals surface area contributed by atoms with Crippen LogP contribution in [0.5, 0.6) is 0 Å². The van der Waals surface area contributed by atoms with Crippen LogP contribution in [0, 0.1) is 37.0 Å². The molecule has 28 heavy (non-hydrogen) atoms. The van der Waals surface area contributed by atoms with Crippen LogP contribution in [0.1, 0.15) is 77.9 Å². The van der Waals surface area contributed by atoms with Crippen molar-refractivity contribution < 1.29 is 14.4 Å². The molecular formula is C22H30N2O3S. The van der Waals surface area contributed by atoms with Crippen LogP contribution in [0.15, 0.2) is 6.07 Å². The number of carbonyl (C=O) groups is 3. The van der Waals surface area contributed by atoms with Gasteiger partial charge in [0.2, 0.25) is 11.8 Å². The molecule has 4 aliphatic carbocycles. The summed E-state index contributed by atoms with van der Waals surface area (Å²) in [5.41, 5.74) is 5.96. The second-order valence-corrected chi connectivity index (χ2v) is 10.9. The number of hydrazine groups is 1. The summed E-state index contributed by atoms with van der Waals surface area (Å²) in [5.74, 6) is 2.01. The number of nitrogens with one attached hydrogen (secondary N) is 2. The van der Waals surface area contributed by atoms with E-state index in [1.165, 1.54) is 38.5 Å². The molecule has 4 fully saturated rings. The maximum absolute atomic E-state index is 12.4. The van der Waals surface area contributed by atoms with E-state index < -0.39 is 0 Å². The van der Waals surface area contributed by atoms with Gasteiger partial charge in [0.05, 0.1) is 0 Å². The van der Waals surface area contributed by atoms with Crippen LogP contribution in [0.2, 0.25) is 0 Å². The second-order valence-electron chi connectivity index (χ2n) is 9.44. The smallest absolute Gasteiger partial charge is 0.238 e. The Hall–Kier alpha value is -1.69. The van der Waals surface area contributed by atoms with E-state index >= 15 is 0 Å². The van der Waals surface area contributed by atoms with E-state index in [2.05, 4.69) is 10.9 Å². The lowest BCUT2D eigenvalue weighted by molar-refractivity contribution is -0.134. The summed E-state index contributed by atoms with van der Waals surface area (Å²) in [7, 11) is 0. The molecule has 0 unspecified atom stereocenters. The van der Waals surface area contributed by atoms with Gasteiger partial charge in [0.25, 0.3) is 0 Å². The first-order chi connectivity index (χ1) is 13.3. The Morgan fingerprint density at radius 1 is 0.964 bits per heavy atom. The second kappa shape index (κ2) is 7.62. The van der Waals surface area contributed by atoms with Gasteiger partial charge in [0.1, 0.15) is 0 Å². The highest BCUT2D eigenvalue weighted by Gasteiger charge is 2.51. The predicted molar refractivity (Wildman–Crippen MR) is 109 cm³/mol. The third-order valence-corrected chi connectivity index (χ3v) is 7.93. The number of carbonyl (C=O) groups excluding carboxylic acids is 3.